The molecule has 1 atom stereocenters. The molecule has 1 aromatic heterocycles. The van der Waals surface area contributed by atoms with Crippen LogP contribution in [-0.2, 0) is 11.8 Å². The van der Waals surface area contributed by atoms with Crippen LogP contribution in [0.1, 0.15) is 17.7 Å². The van der Waals surface area contributed by atoms with Crippen molar-refractivity contribution in [3.05, 3.63) is 90.2 Å². The average molecular weight is 463 g/mol. The predicted molar refractivity (Wildman–Crippen MR) is 128 cm³/mol. The van der Waals surface area contributed by atoms with Crippen LogP contribution in [0.5, 0.6) is 5.75 Å². The van der Waals surface area contributed by atoms with E-state index in [1.54, 1.807) is 16.7 Å². The summed E-state index contributed by atoms with van der Waals surface area (Å²) in [4.78, 5) is 13.4. The van der Waals surface area contributed by atoms with E-state index in [4.69, 9.17) is 4.74 Å². The molecule has 0 aliphatic rings. The highest BCUT2D eigenvalue weighted by Crippen LogP contribution is 2.37. The van der Waals surface area contributed by atoms with Crippen LogP contribution >= 0.6 is 11.8 Å². The summed E-state index contributed by atoms with van der Waals surface area (Å²) in [5.41, 5.74) is 2.18. The Kier molecular flexibility index (Phi) is 7.04. The van der Waals surface area contributed by atoms with Crippen LogP contribution in [0.25, 0.3) is 11.4 Å². The van der Waals surface area contributed by atoms with E-state index in [1.165, 1.54) is 23.9 Å². The van der Waals surface area contributed by atoms with Crippen LogP contribution in [0.2, 0.25) is 0 Å². The van der Waals surface area contributed by atoms with Crippen LogP contribution < -0.4 is 10.1 Å². The molecule has 1 unspecified atom stereocenters. The average Bonchev–Trinajstić information content (AvgIpc) is 3.20. The minimum absolute atomic E-state index is 0.204. The second-order valence-electron chi connectivity index (χ2n) is 7.20. The van der Waals surface area contributed by atoms with Gasteiger partial charge in [0.25, 0.3) is 0 Å². The number of thioether (sulfide) groups is 1. The number of amides is 1. The zero-order chi connectivity index (χ0) is 23.2. The molecule has 0 saturated carbocycles. The molecular weight excluding hydrogens is 439 g/mol. The Balaban J connectivity index is 1.63. The summed E-state index contributed by atoms with van der Waals surface area (Å²) in [5, 5.41) is 11.5. The molecule has 0 aliphatic heterocycles. The summed E-state index contributed by atoms with van der Waals surface area (Å²) in [7, 11) is 1.82. The monoisotopic (exact) mass is 462 g/mol. The van der Waals surface area contributed by atoms with Gasteiger partial charge in [0.05, 0.1) is 12.3 Å². The maximum Gasteiger partial charge on any atom is 0.242 e. The first kappa shape index (κ1) is 22.5. The fourth-order valence-electron chi connectivity index (χ4n) is 3.32. The van der Waals surface area contributed by atoms with Gasteiger partial charge in [0.15, 0.2) is 11.0 Å². The van der Waals surface area contributed by atoms with Crippen LogP contribution in [0.15, 0.2) is 84.0 Å². The Bertz CT molecular complexity index is 1230. The minimum atomic E-state index is -0.579. The molecule has 168 valence electrons. The van der Waals surface area contributed by atoms with Crippen molar-refractivity contribution in [1.82, 2.24) is 14.8 Å². The Hall–Kier alpha value is -3.65. The molecule has 6 nitrogen and oxygen atoms in total. The number of hydrogen-bond donors (Lipinski definition) is 1. The zero-order valence-electron chi connectivity index (χ0n) is 18.2. The van der Waals surface area contributed by atoms with Crippen molar-refractivity contribution >= 4 is 23.4 Å². The summed E-state index contributed by atoms with van der Waals surface area (Å²) in [5.74, 6) is 0.683. The largest absolute Gasteiger partial charge is 0.492 e. The number of carbonyl (C=O) groups is 1. The normalized spacial score (nSPS) is 11.7. The number of ether oxygens (including phenoxy) is 1. The molecule has 0 saturated heterocycles. The Morgan fingerprint density at radius 2 is 1.73 bits per heavy atom. The molecule has 1 amide bonds. The molecule has 33 heavy (non-hydrogen) atoms. The molecule has 3 aromatic carbocycles. The fraction of sp³-hybridized carbons (Fsp3) is 0.160. The first-order valence-electron chi connectivity index (χ1n) is 10.5. The van der Waals surface area contributed by atoms with Crippen molar-refractivity contribution in [2.75, 3.05) is 11.9 Å². The topological polar surface area (TPSA) is 69.0 Å². The summed E-state index contributed by atoms with van der Waals surface area (Å²) < 4.78 is 20.8. The highest BCUT2D eigenvalue weighted by atomic mass is 32.2. The van der Waals surface area contributed by atoms with E-state index in [0.717, 1.165) is 11.1 Å². The van der Waals surface area contributed by atoms with Crippen molar-refractivity contribution in [2.45, 2.75) is 17.3 Å². The molecule has 0 spiro atoms. The number of benzene rings is 3. The van der Waals surface area contributed by atoms with Gasteiger partial charge in [-0.1, -0.05) is 54.2 Å². The third-order valence-electron chi connectivity index (χ3n) is 4.95. The highest BCUT2D eigenvalue weighted by Gasteiger charge is 2.26. The Morgan fingerprint density at radius 3 is 2.45 bits per heavy atom. The lowest BCUT2D eigenvalue weighted by atomic mass is 10.1. The molecule has 8 heteroatoms. The fourth-order valence-corrected chi connectivity index (χ4v) is 4.33. The molecule has 0 fully saturated rings. The lowest BCUT2D eigenvalue weighted by Gasteiger charge is -2.18. The van der Waals surface area contributed by atoms with Gasteiger partial charge in [0, 0.05) is 12.6 Å². The van der Waals surface area contributed by atoms with Crippen molar-refractivity contribution in [1.29, 1.82) is 0 Å². The van der Waals surface area contributed by atoms with Crippen LogP contribution in [0, 0.1) is 5.82 Å². The van der Waals surface area contributed by atoms with Crippen LogP contribution in [0.4, 0.5) is 10.1 Å². The smallest absolute Gasteiger partial charge is 0.242 e. The quantitative estimate of drug-likeness (QED) is 0.351. The van der Waals surface area contributed by atoms with Gasteiger partial charge in [-0.25, -0.2) is 4.39 Å². The van der Waals surface area contributed by atoms with Crippen molar-refractivity contribution < 1.29 is 13.9 Å². The van der Waals surface area contributed by atoms with Crippen molar-refractivity contribution in [3.63, 3.8) is 0 Å². The first-order chi connectivity index (χ1) is 16.1. The zero-order valence-corrected chi connectivity index (χ0v) is 19.1. The molecule has 0 radical (unpaired) electrons. The molecule has 4 rings (SSSR count). The second kappa shape index (κ2) is 10.3. The minimum Gasteiger partial charge on any atom is -0.492 e. The van der Waals surface area contributed by atoms with Gasteiger partial charge >= 0.3 is 0 Å². The maximum absolute atomic E-state index is 13.4. The van der Waals surface area contributed by atoms with Crippen molar-refractivity contribution in [3.8, 4) is 17.1 Å². The first-order valence-corrected chi connectivity index (χ1v) is 11.3. The maximum atomic E-state index is 13.4. The van der Waals surface area contributed by atoms with Gasteiger partial charge in [-0.05, 0) is 48.9 Å². The molecular formula is C25H23FN4O2S. The number of halogens is 1. The Morgan fingerprint density at radius 1 is 1.03 bits per heavy atom. The number of para-hydroxylation sites is 2. The lowest BCUT2D eigenvalue weighted by Crippen LogP contribution is -2.20. The van der Waals surface area contributed by atoms with Crippen LogP contribution in [0.3, 0.4) is 0 Å². The third-order valence-corrected chi connectivity index (χ3v) is 6.23. The standard InChI is InChI=1S/C25H23FN4O2S/c1-3-32-21-12-8-7-11-20(21)27-24(31)22(17-9-5-4-6-10-17)33-25-29-28-23(30(25)2)18-13-15-19(26)16-14-18/h4-16,22H,3H2,1-2H3,(H,27,31). The van der Waals surface area contributed by atoms with Gasteiger partial charge in [-0.15, -0.1) is 10.2 Å². The summed E-state index contributed by atoms with van der Waals surface area (Å²) in [6, 6.07) is 22.9. The highest BCUT2D eigenvalue weighted by molar-refractivity contribution is 8.00. The molecule has 1 heterocycles. The van der Waals surface area contributed by atoms with E-state index in [9.17, 15) is 9.18 Å². The van der Waals surface area contributed by atoms with E-state index in [-0.39, 0.29) is 11.7 Å². The van der Waals surface area contributed by atoms with E-state index >= 15 is 0 Å². The van der Waals surface area contributed by atoms with Crippen molar-refractivity contribution in [2.24, 2.45) is 7.05 Å². The number of anilines is 1. The number of aromatic nitrogens is 3. The molecule has 1 N–H and O–H groups in total. The summed E-state index contributed by atoms with van der Waals surface area (Å²) in [6.07, 6.45) is 0. The third kappa shape index (κ3) is 5.23. The van der Waals surface area contributed by atoms with E-state index in [0.29, 0.717) is 29.0 Å². The second-order valence-corrected chi connectivity index (χ2v) is 8.27. The number of carbonyl (C=O) groups excluding carboxylic acids is 1. The van der Waals surface area contributed by atoms with Gasteiger partial charge < -0.3 is 14.6 Å². The van der Waals surface area contributed by atoms with Crippen LogP contribution in [-0.4, -0.2) is 27.3 Å². The summed E-state index contributed by atoms with van der Waals surface area (Å²) in [6.45, 7) is 2.39. The Labute approximate surface area is 195 Å². The molecule has 4 aromatic rings. The van der Waals surface area contributed by atoms with Gasteiger partial charge in [0.2, 0.25) is 5.91 Å². The van der Waals surface area contributed by atoms with E-state index in [2.05, 4.69) is 15.5 Å². The number of hydrogen-bond acceptors (Lipinski definition) is 5. The van der Waals surface area contributed by atoms with E-state index in [1.807, 2.05) is 68.6 Å². The number of nitrogens with zero attached hydrogens (tertiary/aromatic N) is 3. The van der Waals surface area contributed by atoms with Gasteiger partial charge in [-0.3, -0.25) is 4.79 Å². The molecule has 0 aliphatic carbocycles. The number of rotatable bonds is 8. The van der Waals surface area contributed by atoms with Gasteiger partial charge in [-0.2, -0.15) is 0 Å². The SMILES string of the molecule is CCOc1ccccc1NC(=O)C(Sc1nnc(-c2ccc(F)cc2)n1C)c1ccccc1. The molecule has 0 bridgehead atoms. The number of nitrogens with one attached hydrogen (secondary N) is 1. The predicted octanol–water partition coefficient (Wildman–Crippen LogP) is 5.49. The van der Waals surface area contributed by atoms with E-state index < -0.39 is 5.25 Å². The van der Waals surface area contributed by atoms with Gasteiger partial charge in [0.1, 0.15) is 16.8 Å². The summed E-state index contributed by atoms with van der Waals surface area (Å²) >= 11 is 1.30. The lowest BCUT2D eigenvalue weighted by molar-refractivity contribution is -0.115.